The molecule has 1 heterocycles. The second kappa shape index (κ2) is 6.78. The Morgan fingerprint density at radius 3 is 2.59 bits per heavy atom. The molecule has 0 aliphatic carbocycles. The van der Waals surface area contributed by atoms with Crippen molar-refractivity contribution in [1.29, 1.82) is 0 Å². The normalized spacial score (nSPS) is 10.2. The van der Waals surface area contributed by atoms with Crippen molar-refractivity contribution in [1.82, 2.24) is 4.98 Å². The third kappa shape index (κ3) is 3.27. The van der Waals surface area contributed by atoms with Crippen LogP contribution in [0.2, 0.25) is 0 Å². The zero-order valence-electron chi connectivity index (χ0n) is 12.0. The lowest BCUT2D eigenvalue weighted by molar-refractivity contribution is 0.403. The molecule has 1 aromatic heterocycles. The first-order valence-electron chi connectivity index (χ1n) is 6.82. The Labute approximate surface area is 128 Å². The zero-order chi connectivity index (χ0) is 14.7. The Bertz CT molecular complexity index is 769. The average molecular weight is 298 g/mol. The molecule has 5 nitrogen and oxygen atoms in total. The molecular weight excluding hydrogens is 280 g/mol. The predicted octanol–water partition coefficient (Wildman–Crippen LogP) is 2.48. The number of phenols is 2. The lowest BCUT2D eigenvalue weighted by Gasteiger charge is -2.09. The minimum absolute atomic E-state index is 0. The number of hydrogen-bond acceptors (Lipinski definition) is 4. The van der Waals surface area contributed by atoms with Crippen LogP contribution in [0.1, 0.15) is 5.56 Å². The van der Waals surface area contributed by atoms with Gasteiger partial charge in [0, 0.05) is 23.8 Å². The first-order valence-corrected chi connectivity index (χ1v) is 6.82. The molecule has 0 aliphatic heterocycles. The number of nitrogens with zero attached hydrogens (tertiary/aromatic N) is 1. The number of anilines is 1. The van der Waals surface area contributed by atoms with Gasteiger partial charge < -0.3 is 21.0 Å². The largest absolute Gasteiger partial charge is 0.504 e. The molecule has 0 fully saturated rings. The summed E-state index contributed by atoms with van der Waals surface area (Å²) in [6.07, 6.45) is 2.54. The van der Waals surface area contributed by atoms with Gasteiger partial charge in [0.1, 0.15) is 0 Å². The minimum Gasteiger partial charge on any atom is -0.504 e. The van der Waals surface area contributed by atoms with Gasteiger partial charge in [0.15, 0.2) is 11.5 Å². The predicted molar refractivity (Wildman–Crippen MR) is 87.3 cm³/mol. The summed E-state index contributed by atoms with van der Waals surface area (Å²) in [7, 11) is 0. The molecule has 3 aromatic rings. The molecule has 5 N–H and O–H groups in total. The summed E-state index contributed by atoms with van der Waals surface area (Å²) in [4.78, 5) is 4.33. The summed E-state index contributed by atoms with van der Waals surface area (Å²) >= 11 is 0. The van der Waals surface area contributed by atoms with Crippen LogP contribution in [-0.4, -0.2) is 27.2 Å². The van der Waals surface area contributed by atoms with E-state index in [9.17, 15) is 10.2 Å². The highest BCUT2D eigenvalue weighted by Gasteiger charge is 2.02. The van der Waals surface area contributed by atoms with E-state index in [0.717, 1.165) is 35.1 Å². The highest BCUT2D eigenvalue weighted by atomic mass is 16.3. The molecule has 0 unspecified atom stereocenters. The monoisotopic (exact) mass is 298 g/mol. The van der Waals surface area contributed by atoms with Crippen LogP contribution in [0.4, 0.5) is 5.69 Å². The molecule has 0 atom stereocenters. The third-order valence-corrected chi connectivity index (χ3v) is 3.42. The number of benzene rings is 2. The van der Waals surface area contributed by atoms with Crippen LogP contribution in [-0.2, 0) is 6.42 Å². The van der Waals surface area contributed by atoms with E-state index in [1.54, 1.807) is 18.3 Å². The minimum atomic E-state index is -0.0909. The van der Waals surface area contributed by atoms with E-state index >= 15 is 0 Å². The quantitative estimate of drug-likeness (QED) is 0.645. The fourth-order valence-electron chi connectivity index (χ4n) is 2.32. The molecule has 0 radical (unpaired) electrons. The molecule has 0 saturated carbocycles. The first-order chi connectivity index (χ1) is 10.2. The molecule has 0 saturated heterocycles. The molecule has 0 aliphatic rings. The number of fused-ring (bicyclic) bond motifs is 1. The molecule has 0 amide bonds. The van der Waals surface area contributed by atoms with Gasteiger partial charge in [-0.05, 0) is 36.2 Å². The van der Waals surface area contributed by atoms with Gasteiger partial charge in [0.25, 0.3) is 0 Å². The Balaban J connectivity index is 0.00000176. The van der Waals surface area contributed by atoms with Crippen molar-refractivity contribution in [2.24, 2.45) is 0 Å². The molecule has 0 spiro atoms. The van der Waals surface area contributed by atoms with E-state index in [0.29, 0.717) is 0 Å². The summed E-state index contributed by atoms with van der Waals surface area (Å²) in [6.45, 7) is 0.734. The zero-order valence-corrected chi connectivity index (χ0v) is 12.0. The van der Waals surface area contributed by atoms with Crippen LogP contribution in [0.15, 0.2) is 54.7 Å². The van der Waals surface area contributed by atoms with Crippen LogP contribution < -0.4 is 5.32 Å². The van der Waals surface area contributed by atoms with Gasteiger partial charge in [0.2, 0.25) is 0 Å². The van der Waals surface area contributed by atoms with Gasteiger partial charge >= 0.3 is 0 Å². The maximum atomic E-state index is 9.48. The van der Waals surface area contributed by atoms with Crippen molar-refractivity contribution in [2.45, 2.75) is 6.42 Å². The Morgan fingerprint density at radius 1 is 0.955 bits per heavy atom. The van der Waals surface area contributed by atoms with Gasteiger partial charge in [-0.25, -0.2) is 0 Å². The highest BCUT2D eigenvalue weighted by Crippen LogP contribution is 2.25. The fraction of sp³-hybridized carbons (Fsp3) is 0.118. The number of rotatable bonds is 4. The smallest absolute Gasteiger partial charge is 0.157 e. The molecule has 3 rings (SSSR count). The molecular formula is C17H18N2O3. The van der Waals surface area contributed by atoms with E-state index in [-0.39, 0.29) is 17.0 Å². The van der Waals surface area contributed by atoms with Gasteiger partial charge in [-0.2, -0.15) is 0 Å². The summed E-state index contributed by atoms with van der Waals surface area (Å²) in [5.41, 5.74) is 2.98. The van der Waals surface area contributed by atoms with Crippen molar-refractivity contribution in [2.75, 3.05) is 11.9 Å². The molecule has 22 heavy (non-hydrogen) atoms. The number of aromatic hydroxyl groups is 2. The van der Waals surface area contributed by atoms with Gasteiger partial charge in [-0.1, -0.05) is 24.3 Å². The van der Waals surface area contributed by atoms with Crippen molar-refractivity contribution in [3.8, 4) is 11.5 Å². The van der Waals surface area contributed by atoms with Crippen LogP contribution in [0.25, 0.3) is 10.9 Å². The lowest BCUT2D eigenvalue weighted by atomic mass is 10.1. The van der Waals surface area contributed by atoms with E-state index < -0.39 is 0 Å². The lowest BCUT2D eigenvalue weighted by Crippen LogP contribution is -2.05. The molecule has 2 aromatic carbocycles. The summed E-state index contributed by atoms with van der Waals surface area (Å²) in [6, 6.07) is 14.8. The topological polar surface area (TPSA) is 96.9 Å². The van der Waals surface area contributed by atoms with Crippen LogP contribution in [0, 0.1) is 0 Å². The fourth-order valence-corrected chi connectivity index (χ4v) is 2.32. The summed E-state index contributed by atoms with van der Waals surface area (Å²) in [5, 5.41) is 23.2. The van der Waals surface area contributed by atoms with E-state index in [1.807, 2.05) is 30.3 Å². The van der Waals surface area contributed by atoms with Gasteiger partial charge in [-0.15, -0.1) is 0 Å². The van der Waals surface area contributed by atoms with Gasteiger partial charge in [-0.3, -0.25) is 4.98 Å². The molecule has 0 bridgehead atoms. The van der Waals surface area contributed by atoms with E-state index in [4.69, 9.17) is 0 Å². The number of nitrogens with one attached hydrogen (secondary N) is 1. The van der Waals surface area contributed by atoms with Crippen LogP contribution in [0.3, 0.4) is 0 Å². The number of phenolic OH excluding ortho intramolecular Hbond substituents is 2. The van der Waals surface area contributed by atoms with Crippen LogP contribution >= 0.6 is 0 Å². The molecule has 5 heteroatoms. The Kier molecular flexibility index (Phi) is 4.80. The van der Waals surface area contributed by atoms with Crippen molar-refractivity contribution in [3.63, 3.8) is 0 Å². The average Bonchev–Trinajstić information content (AvgIpc) is 2.51. The maximum Gasteiger partial charge on any atom is 0.157 e. The standard InChI is InChI=1S/C17H16N2O2.H2O/c20-16-6-5-12(11-17(16)21)7-9-18-15-8-10-19-14-4-2-1-3-13(14)15;/h1-6,8,10-11,20-21H,7,9H2,(H,18,19);1H2. The van der Waals surface area contributed by atoms with Crippen LogP contribution in [0.5, 0.6) is 11.5 Å². The number of hydrogen-bond donors (Lipinski definition) is 3. The maximum absolute atomic E-state index is 9.48. The number of aromatic nitrogens is 1. The first kappa shape index (κ1) is 15.6. The SMILES string of the molecule is O.Oc1ccc(CCNc2ccnc3ccccc23)cc1O. The molecule has 114 valence electrons. The Hall–Kier alpha value is -2.79. The number of pyridine rings is 1. The number of para-hydroxylation sites is 1. The van der Waals surface area contributed by atoms with Crippen molar-refractivity contribution in [3.05, 3.63) is 60.3 Å². The second-order valence-electron chi connectivity index (χ2n) is 4.88. The third-order valence-electron chi connectivity index (χ3n) is 3.42. The van der Waals surface area contributed by atoms with E-state index in [2.05, 4.69) is 10.3 Å². The van der Waals surface area contributed by atoms with E-state index in [1.165, 1.54) is 6.07 Å². The summed E-state index contributed by atoms with van der Waals surface area (Å²) in [5.74, 6) is -0.173. The highest BCUT2D eigenvalue weighted by molar-refractivity contribution is 5.90. The van der Waals surface area contributed by atoms with Crippen molar-refractivity contribution >= 4 is 16.6 Å². The summed E-state index contributed by atoms with van der Waals surface area (Å²) < 4.78 is 0. The second-order valence-corrected chi connectivity index (χ2v) is 4.88. The Morgan fingerprint density at radius 2 is 1.77 bits per heavy atom. The van der Waals surface area contributed by atoms with Crippen molar-refractivity contribution < 1.29 is 15.7 Å². The van der Waals surface area contributed by atoms with Gasteiger partial charge in [0.05, 0.1) is 5.52 Å².